The van der Waals surface area contributed by atoms with Crippen molar-refractivity contribution in [3.05, 3.63) is 89.6 Å². The number of alkyl halides is 3. The Morgan fingerprint density at radius 1 is 0.859 bits per heavy atom. The smallest absolute Gasteiger partial charge is 0.421 e. The van der Waals surface area contributed by atoms with Crippen molar-refractivity contribution < 1.29 is 37.1 Å². The first kappa shape index (κ1) is 44.2. The fraction of sp³-hybridized carbons (Fsp3) is 0.435. The molecule has 64 heavy (non-hydrogen) atoms. The molecule has 4 fully saturated rings. The maximum atomic E-state index is 14.2. The third-order valence-corrected chi connectivity index (χ3v) is 12.5. The van der Waals surface area contributed by atoms with Gasteiger partial charge in [-0.25, -0.2) is 4.98 Å². The van der Waals surface area contributed by atoms with E-state index < -0.39 is 23.6 Å². The van der Waals surface area contributed by atoms with Gasteiger partial charge < -0.3 is 35.8 Å². The van der Waals surface area contributed by atoms with Crippen LogP contribution in [0.2, 0.25) is 0 Å². The Hall–Kier alpha value is -6.43. The number of anilines is 6. The van der Waals surface area contributed by atoms with Gasteiger partial charge in [-0.15, -0.1) is 0 Å². The summed E-state index contributed by atoms with van der Waals surface area (Å²) in [5.41, 5.74) is 2.66. The summed E-state index contributed by atoms with van der Waals surface area (Å²) in [6.07, 6.45) is 2.35. The lowest BCUT2D eigenvalue weighted by Crippen LogP contribution is -2.51. The van der Waals surface area contributed by atoms with E-state index in [0.717, 1.165) is 63.0 Å². The first-order valence-electron chi connectivity index (χ1n) is 21.9. The second-order valence-corrected chi connectivity index (χ2v) is 16.8. The molecular formula is C46H53F3N10O5. The summed E-state index contributed by atoms with van der Waals surface area (Å²) in [4.78, 5) is 64.6. The van der Waals surface area contributed by atoms with Gasteiger partial charge >= 0.3 is 6.18 Å². The SMILES string of the molecule is COc1cc(N2CCN(C(=O)CN3CCC(c4ccc(NC5CCC(=O)NC5=O)cc4)CC3)CC2)ccc1Nc1ncc(C(F)(F)F)c(Nc2ccccc2C(=O)NC2CCCC2)n1. The second-order valence-electron chi connectivity index (χ2n) is 16.8. The fourth-order valence-corrected chi connectivity index (χ4v) is 8.91. The van der Waals surface area contributed by atoms with E-state index >= 15 is 0 Å². The van der Waals surface area contributed by atoms with E-state index in [1.807, 2.05) is 29.2 Å². The molecule has 1 atom stereocenters. The number of likely N-dealkylation sites (tertiary alicyclic amines) is 1. The van der Waals surface area contributed by atoms with Gasteiger partial charge in [0.25, 0.3) is 5.91 Å². The monoisotopic (exact) mass is 882 g/mol. The molecule has 338 valence electrons. The van der Waals surface area contributed by atoms with Gasteiger partial charge in [0.2, 0.25) is 23.7 Å². The van der Waals surface area contributed by atoms with Crippen LogP contribution >= 0.6 is 0 Å². The summed E-state index contributed by atoms with van der Waals surface area (Å²) in [6, 6.07) is 19.6. The summed E-state index contributed by atoms with van der Waals surface area (Å²) >= 11 is 0. The average Bonchev–Trinajstić information content (AvgIpc) is 3.81. The topological polar surface area (TPSA) is 173 Å². The minimum absolute atomic E-state index is 0.0285. The van der Waals surface area contributed by atoms with Crippen molar-refractivity contribution in [2.45, 2.75) is 75.5 Å². The molecule has 1 unspecified atom stereocenters. The van der Waals surface area contributed by atoms with Gasteiger partial charge in [0, 0.05) is 62.3 Å². The number of piperidine rings is 2. The first-order chi connectivity index (χ1) is 30.9. The Kier molecular flexibility index (Phi) is 13.5. The number of nitrogens with zero attached hydrogens (tertiary/aromatic N) is 5. The molecule has 4 heterocycles. The summed E-state index contributed by atoms with van der Waals surface area (Å²) in [7, 11) is 1.50. The number of imide groups is 1. The normalized spacial score (nSPS) is 19.0. The Morgan fingerprint density at radius 3 is 2.30 bits per heavy atom. The van der Waals surface area contributed by atoms with Crippen LogP contribution < -0.4 is 36.2 Å². The number of benzene rings is 3. The molecule has 4 aliphatic rings. The Bertz CT molecular complexity index is 2330. The molecule has 8 rings (SSSR count). The summed E-state index contributed by atoms with van der Waals surface area (Å²) in [6.45, 7) is 4.31. The third kappa shape index (κ3) is 10.7. The van der Waals surface area contributed by atoms with E-state index in [1.54, 1.807) is 24.3 Å². The van der Waals surface area contributed by atoms with E-state index in [9.17, 15) is 32.3 Å². The third-order valence-electron chi connectivity index (χ3n) is 12.5. The maximum absolute atomic E-state index is 14.2. The molecule has 3 aromatic carbocycles. The van der Waals surface area contributed by atoms with Crippen LogP contribution in [0.4, 0.5) is 47.7 Å². The molecule has 0 spiro atoms. The van der Waals surface area contributed by atoms with Gasteiger partial charge in [-0.2, -0.15) is 18.2 Å². The van der Waals surface area contributed by atoms with Crippen molar-refractivity contribution >= 4 is 58.1 Å². The van der Waals surface area contributed by atoms with E-state index in [1.165, 1.54) is 18.7 Å². The minimum Gasteiger partial charge on any atom is -0.494 e. The van der Waals surface area contributed by atoms with Crippen LogP contribution in [0.1, 0.15) is 78.8 Å². The molecule has 4 amide bonds. The highest BCUT2D eigenvalue weighted by Crippen LogP contribution is 2.38. The summed E-state index contributed by atoms with van der Waals surface area (Å²) in [5.74, 6) is -0.626. The van der Waals surface area contributed by atoms with Crippen LogP contribution in [0.25, 0.3) is 0 Å². The van der Waals surface area contributed by atoms with Gasteiger partial charge in [-0.1, -0.05) is 37.1 Å². The molecule has 4 aromatic rings. The number of amides is 4. The molecule has 15 nitrogen and oxygen atoms in total. The Labute approximate surface area is 369 Å². The van der Waals surface area contributed by atoms with E-state index in [4.69, 9.17) is 4.74 Å². The summed E-state index contributed by atoms with van der Waals surface area (Å²) in [5, 5.41) is 14.4. The quantitative estimate of drug-likeness (QED) is 0.0937. The number of carbonyl (C=O) groups is 4. The van der Waals surface area contributed by atoms with Crippen LogP contribution in [-0.4, -0.2) is 108 Å². The standard InChI is InChI=1S/C46H53F3N10O5/c1-64-39-26-33(14-15-37(39)54-45-50-27-35(46(47,48)49)42(56-45)53-36-9-5-4-8-34(36)43(62)52-31-6-2-3-7-31)58-22-24-59(25-23-58)41(61)28-57-20-18-30(19-21-57)29-10-12-32(13-11-29)51-38-16-17-40(60)55-44(38)63/h4-5,8-15,26-27,30-31,38,51H,2-3,6-7,16-25,28H2,1H3,(H,52,62)(H,55,60,63)(H2,50,53,54,56). The van der Waals surface area contributed by atoms with Gasteiger partial charge in [0.15, 0.2) is 0 Å². The average molecular weight is 883 g/mol. The van der Waals surface area contributed by atoms with Crippen LogP contribution in [-0.2, 0) is 20.6 Å². The zero-order valence-electron chi connectivity index (χ0n) is 35.7. The highest BCUT2D eigenvalue weighted by Gasteiger charge is 2.36. The van der Waals surface area contributed by atoms with Crippen LogP contribution in [0.5, 0.6) is 5.75 Å². The predicted octanol–water partition coefficient (Wildman–Crippen LogP) is 6.41. The lowest BCUT2D eigenvalue weighted by molar-refractivity contribution is -0.137. The summed E-state index contributed by atoms with van der Waals surface area (Å²) < 4.78 is 48.3. The molecule has 0 radical (unpaired) electrons. The van der Waals surface area contributed by atoms with Gasteiger partial charge in [-0.05, 0) is 93.1 Å². The molecule has 18 heteroatoms. The highest BCUT2D eigenvalue weighted by atomic mass is 19.4. The van der Waals surface area contributed by atoms with Crippen molar-refractivity contribution in [3.63, 3.8) is 0 Å². The molecule has 1 saturated carbocycles. The van der Waals surface area contributed by atoms with Crippen molar-refractivity contribution in [2.75, 3.05) is 73.8 Å². The van der Waals surface area contributed by atoms with Crippen LogP contribution in [0.15, 0.2) is 72.9 Å². The van der Waals surface area contributed by atoms with Crippen molar-refractivity contribution in [3.8, 4) is 5.75 Å². The number of aromatic nitrogens is 2. The minimum atomic E-state index is -4.77. The van der Waals surface area contributed by atoms with E-state index in [-0.39, 0.29) is 46.9 Å². The predicted molar refractivity (Wildman–Crippen MR) is 236 cm³/mol. The maximum Gasteiger partial charge on any atom is 0.421 e. The van der Waals surface area contributed by atoms with Crippen molar-refractivity contribution in [1.82, 2.24) is 30.4 Å². The number of halogens is 3. The number of piperazine rings is 1. The highest BCUT2D eigenvalue weighted by molar-refractivity contribution is 6.01. The molecule has 1 aliphatic carbocycles. The lowest BCUT2D eigenvalue weighted by atomic mass is 9.89. The van der Waals surface area contributed by atoms with Crippen molar-refractivity contribution in [2.24, 2.45) is 0 Å². The largest absolute Gasteiger partial charge is 0.494 e. The number of rotatable bonds is 13. The van der Waals surface area contributed by atoms with Gasteiger partial charge in [-0.3, -0.25) is 29.4 Å². The number of hydrogen-bond acceptors (Lipinski definition) is 12. The second kappa shape index (κ2) is 19.5. The molecule has 1 aromatic heterocycles. The van der Waals surface area contributed by atoms with E-state index in [2.05, 4.69) is 58.5 Å². The molecular weight excluding hydrogens is 830 g/mol. The van der Waals surface area contributed by atoms with Crippen molar-refractivity contribution in [1.29, 1.82) is 0 Å². The number of ether oxygens (including phenoxy) is 1. The zero-order chi connectivity index (χ0) is 44.8. The number of carbonyl (C=O) groups excluding carboxylic acids is 4. The molecule has 3 aliphatic heterocycles. The number of para-hydroxylation sites is 1. The number of nitrogens with one attached hydrogen (secondary N) is 5. The zero-order valence-corrected chi connectivity index (χ0v) is 35.7. The fourth-order valence-electron chi connectivity index (χ4n) is 8.91. The number of hydrogen-bond donors (Lipinski definition) is 5. The first-order valence-corrected chi connectivity index (χ1v) is 21.9. The number of methoxy groups -OCH3 is 1. The Morgan fingerprint density at radius 2 is 1.59 bits per heavy atom. The Balaban J connectivity index is 0.833. The molecule has 3 saturated heterocycles. The molecule has 0 bridgehead atoms. The van der Waals surface area contributed by atoms with Crippen LogP contribution in [0.3, 0.4) is 0 Å². The van der Waals surface area contributed by atoms with Gasteiger partial charge in [0.1, 0.15) is 23.2 Å². The van der Waals surface area contributed by atoms with Crippen LogP contribution in [0, 0.1) is 0 Å². The lowest BCUT2D eigenvalue weighted by Gasteiger charge is -2.38. The molecule has 5 N–H and O–H groups in total. The van der Waals surface area contributed by atoms with Gasteiger partial charge in [0.05, 0.1) is 30.6 Å². The van der Waals surface area contributed by atoms with E-state index in [0.29, 0.717) is 69.1 Å².